The third-order valence-electron chi connectivity index (χ3n) is 6.11. The quantitative estimate of drug-likeness (QED) is 0.295. The van der Waals surface area contributed by atoms with Gasteiger partial charge in [-0.25, -0.2) is 9.98 Å². The molecule has 182 valence electrons. The number of aryl methyl sites for hydroxylation is 1. The van der Waals surface area contributed by atoms with Crippen LogP contribution in [-0.2, 0) is 16.0 Å². The summed E-state index contributed by atoms with van der Waals surface area (Å²) in [6, 6.07) is 8.20. The van der Waals surface area contributed by atoms with Crippen molar-refractivity contribution >= 4 is 29.9 Å². The number of nitrogens with zero attached hydrogens (tertiary/aromatic N) is 3. The SMILES string of the molecule is CCNC(=NCc1coc(-c2ccc(C)cc2)n1)N1CCC(OCC2CCCCO2)CC1.I. The van der Waals surface area contributed by atoms with E-state index in [2.05, 4.69) is 41.2 Å². The van der Waals surface area contributed by atoms with E-state index in [9.17, 15) is 0 Å². The number of aliphatic imine (C=N–C) groups is 1. The molecule has 33 heavy (non-hydrogen) atoms. The second kappa shape index (κ2) is 13.3. The fourth-order valence-corrected chi connectivity index (χ4v) is 4.21. The van der Waals surface area contributed by atoms with Crippen molar-refractivity contribution in [3.05, 3.63) is 41.8 Å². The normalized spacial score (nSPS) is 19.9. The molecule has 1 aromatic carbocycles. The van der Waals surface area contributed by atoms with E-state index in [4.69, 9.17) is 18.9 Å². The summed E-state index contributed by atoms with van der Waals surface area (Å²) in [6.45, 7) is 8.99. The summed E-state index contributed by atoms with van der Waals surface area (Å²) < 4.78 is 17.6. The van der Waals surface area contributed by atoms with Crippen LogP contribution in [0.25, 0.3) is 11.5 Å². The van der Waals surface area contributed by atoms with Gasteiger partial charge in [-0.05, 0) is 58.1 Å². The van der Waals surface area contributed by atoms with Crippen LogP contribution in [0.4, 0.5) is 0 Å². The minimum Gasteiger partial charge on any atom is -0.444 e. The second-order valence-electron chi connectivity index (χ2n) is 8.69. The maximum absolute atomic E-state index is 6.16. The molecular weight excluding hydrogens is 531 g/mol. The van der Waals surface area contributed by atoms with Gasteiger partial charge in [-0.3, -0.25) is 0 Å². The van der Waals surface area contributed by atoms with Gasteiger partial charge in [0.1, 0.15) is 12.0 Å². The van der Waals surface area contributed by atoms with Crippen LogP contribution in [0, 0.1) is 6.92 Å². The first-order valence-corrected chi connectivity index (χ1v) is 12.0. The average Bonchev–Trinajstić information content (AvgIpc) is 3.31. The van der Waals surface area contributed by atoms with E-state index >= 15 is 0 Å². The van der Waals surface area contributed by atoms with Gasteiger partial charge in [-0.1, -0.05) is 17.7 Å². The number of hydrogen-bond acceptors (Lipinski definition) is 5. The summed E-state index contributed by atoms with van der Waals surface area (Å²) >= 11 is 0. The van der Waals surface area contributed by atoms with Crippen molar-refractivity contribution in [1.29, 1.82) is 0 Å². The summed E-state index contributed by atoms with van der Waals surface area (Å²) in [6.07, 6.45) is 7.90. The van der Waals surface area contributed by atoms with Crippen LogP contribution in [0.3, 0.4) is 0 Å². The number of nitrogens with one attached hydrogen (secondary N) is 1. The zero-order valence-electron chi connectivity index (χ0n) is 19.8. The molecule has 1 N–H and O–H groups in total. The van der Waals surface area contributed by atoms with Crippen LogP contribution in [0.1, 0.15) is 50.3 Å². The van der Waals surface area contributed by atoms with Crippen molar-refractivity contribution < 1.29 is 13.9 Å². The Labute approximate surface area is 214 Å². The van der Waals surface area contributed by atoms with Crippen molar-refractivity contribution in [2.75, 3.05) is 32.8 Å². The number of halogens is 1. The topological polar surface area (TPSA) is 72.1 Å². The predicted octanol–water partition coefficient (Wildman–Crippen LogP) is 4.78. The molecule has 0 aliphatic carbocycles. The zero-order chi connectivity index (χ0) is 22.2. The Morgan fingerprint density at radius 2 is 1.97 bits per heavy atom. The van der Waals surface area contributed by atoms with E-state index in [1.165, 1.54) is 18.4 Å². The number of piperidine rings is 1. The molecule has 0 bridgehead atoms. The lowest BCUT2D eigenvalue weighted by Crippen LogP contribution is -2.47. The fourth-order valence-electron chi connectivity index (χ4n) is 4.21. The van der Waals surface area contributed by atoms with E-state index < -0.39 is 0 Å². The lowest BCUT2D eigenvalue weighted by atomic mass is 10.1. The molecule has 4 rings (SSSR count). The van der Waals surface area contributed by atoms with Crippen LogP contribution < -0.4 is 5.32 Å². The minimum atomic E-state index is 0. The number of oxazole rings is 1. The van der Waals surface area contributed by atoms with Crippen LogP contribution in [-0.4, -0.2) is 60.9 Å². The van der Waals surface area contributed by atoms with Gasteiger partial charge in [0, 0.05) is 31.8 Å². The maximum Gasteiger partial charge on any atom is 0.226 e. The lowest BCUT2D eigenvalue weighted by Gasteiger charge is -2.35. The molecule has 2 aliphatic heterocycles. The highest BCUT2D eigenvalue weighted by molar-refractivity contribution is 14.0. The number of hydrogen-bond donors (Lipinski definition) is 1. The van der Waals surface area contributed by atoms with Crippen LogP contribution >= 0.6 is 24.0 Å². The molecule has 0 radical (unpaired) electrons. The number of likely N-dealkylation sites (tertiary alicyclic amines) is 1. The number of rotatable bonds is 7. The van der Waals surface area contributed by atoms with E-state index in [-0.39, 0.29) is 30.1 Å². The van der Waals surface area contributed by atoms with Crippen molar-refractivity contribution in [1.82, 2.24) is 15.2 Å². The Bertz CT molecular complexity index is 857. The number of benzene rings is 1. The van der Waals surface area contributed by atoms with Gasteiger partial charge in [0.15, 0.2) is 5.96 Å². The molecule has 3 heterocycles. The average molecular weight is 569 g/mol. The van der Waals surface area contributed by atoms with Crippen molar-refractivity contribution in [3.63, 3.8) is 0 Å². The van der Waals surface area contributed by atoms with E-state index in [1.807, 2.05) is 12.1 Å². The first-order valence-electron chi connectivity index (χ1n) is 12.0. The second-order valence-corrected chi connectivity index (χ2v) is 8.69. The molecule has 7 nitrogen and oxygen atoms in total. The summed E-state index contributed by atoms with van der Waals surface area (Å²) in [5.74, 6) is 1.57. The molecule has 2 fully saturated rings. The van der Waals surface area contributed by atoms with Gasteiger partial charge in [-0.15, -0.1) is 24.0 Å². The van der Waals surface area contributed by atoms with Crippen molar-refractivity contribution in [2.45, 2.75) is 64.7 Å². The zero-order valence-corrected chi connectivity index (χ0v) is 22.1. The Hall–Kier alpha value is -1.65. The van der Waals surface area contributed by atoms with Gasteiger partial charge in [-0.2, -0.15) is 0 Å². The highest BCUT2D eigenvalue weighted by Gasteiger charge is 2.24. The van der Waals surface area contributed by atoms with Crippen molar-refractivity contribution in [2.24, 2.45) is 4.99 Å². The first kappa shape index (κ1) is 26.0. The molecule has 8 heteroatoms. The van der Waals surface area contributed by atoms with Gasteiger partial charge in [0.25, 0.3) is 0 Å². The number of ether oxygens (including phenoxy) is 2. The lowest BCUT2D eigenvalue weighted by molar-refractivity contribution is -0.0721. The van der Waals surface area contributed by atoms with E-state index in [0.717, 1.165) is 69.3 Å². The molecule has 0 spiro atoms. The predicted molar refractivity (Wildman–Crippen MR) is 141 cm³/mol. The van der Waals surface area contributed by atoms with Crippen molar-refractivity contribution in [3.8, 4) is 11.5 Å². The number of guanidine groups is 1. The van der Waals surface area contributed by atoms with Crippen LogP contribution in [0.5, 0.6) is 0 Å². The number of aromatic nitrogens is 1. The molecule has 0 amide bonds. The molecule has 2 aliphatic rings. The van der Waals surface area contributed by atoms with Gasteiger partial charge in [0.05, 0.1) is 25.4 Å². The van der Waals surface area contributed by atoms with E-state index in [1.54, 1.807) is 6.26 Å². The Kier molecular flexibility index (Phi) is 10.5. The van der Waals surface area contributed by atoms with Gasteiger partial charge < -0.3 is 24.1 Å². The smallest absolute Gasteiger partial charge is 0.226 e. The Morgan fingerprint density at radius 3 is 2.67 bits per heavy atom. The monoisotopic (exact) mass is 568 g/mol. The highest BCUT2D eigenvalue weighted by atomic mass is 127. The maximum atomic E-state index is 6.16. The molecular formula is C25H37IN4O3. The highest BCUT2D eigenvalue weighted by Crippen LogP contribution is 2.20. The standard InChI is InChI=1S/C25H36N4O3.HI/c1-3-26-25(27-16-21-17-32-24(28-21)20-9-7-19(2)8-10-20)29-13-11-22(12-14-29)31-18-23-6-4-5-15-30-23;/h7-10,17,22-23H,3-6,11-16,18H2,1-2H3,(H,26,27);1H. The molecule has 2 aromatic rings. The molecule has 1 unspecified atom stereocenters. The van der Waals surface area contributed by atoms with Crippen LogP contribution in [0.15, 0.2) is 39.9 Å². The largest absolute Gasteiger partial charge is 0.444 e. The Morgan fingerprint density at radius 1 is 1.18 bits per heavy atom. The summed E-state index contributed by atoms with van der Waals surface area (Å²) in [4.78, 5) is 11.8. The van der Waals surface area contributed by atoms with Crippen LogP contribution in [0.2, 0.25) is 0 Å². The summed E-state index contributed by atoms with van der Waals surface area (Å²) in [5, 5.41) is 3.42. The van der Waals surface area contributed by atoms with Gasteiger partial charge in [0.2, 0.25) is 5.89 Å². The third kappa shape index (κ3) is 7.68. The summed E-state index contributed by atoms with van der Waals surface area (Å²) in [7, 11) is 0. The summed E-state index contributed by atoms with van der Waals surface area (Å²) in [5.41, 5.74) is 3.04. The Balaban J connectivity index is 0.00000306. The fraction of sp³-hybridized carbons (Fsp3) is 0.600. The minimum absolute atomic E-state index is 0. The van der Waals surface area contributed by atoms with E-state index in [0.29, 0.717) is 18.5 Å². The molecule has 0 saturated carbocycles. The third-order valence-corrected chi connectivity index (χ3v) is 6.11. The molecule has 1 aromatic heterocycles. The molecule has 2 saturated heterocycles. The van der Waals surface area contributed by atoms with Gasteiger partial charge >= 0.3 is 0 Å². The molecule has 1 atom stereocenters. The first-order chi connectivity index (χ1) is 15.7.